The van der Waals surface area contributed by atoms with Crippen LogP contribution in [0.2, 0.25) is 5.02 Å². The van der Waals surface area contributed by atoms with E-state index in [4.69, 9.17) is 17.3 Å². The Kier molecular flexibility index (Phi) is 4.98. The van der Waals surface area contributed by atoms with E-state index in [1.165, 1.54) is 13.0 Å². The van der Waals surface area contributed by atoms with Gasteiger partial charge >= 0.3 is 6.18 Å². The summed E-state index contributed by atoms with van der Waals surface area (Å²) in [7, 11) is 0. The Hall–Kier alpha value is -2.68. The van der Waals surface area contributed by atoms with Gasteiger partial charge in [-0.2, -0.15) is 13.2 Å². The number of hydrogen-bond acceptors (Lipinski definition) is 4. The first kappa shape index (κ1) is 18.7. The maximum absolute atomic E-state index is 12.6. The van der Waals surface area contributed by atoms with Crippen LogP contribution < -0.4 is 5.73 Å². The number of halogens is 4. The Morgan fingerprint density at radius 2 is 2.04 bits per heavy atom. The van der Waals surface area contributed by atoms with Gasteiger partial charge in [-0.15, -0.1) is 0 Å². The van der Waals surface area contributed by atoms with Gasteiger partial charge < -0.3 is 5.73 Å². The number of carbonyl (C=O) groups is 1. The zero-order chi connectivity index (χ0) is 18.9. The summed E-state index contributed by atoms with van der Waals surface area (Å²) in [5, 5.41) is 10.8. The standard InChI is InChI=1S/C15H11ClF3N3O3/c1-7-8(2-3-12(22(24)25)13(7)14(20)23)4-11-10(16)5-9(6-21-11)15(17,18)19/h2-3,5-6H,4H2,1H3,(H2,20,23). The fraction of sp³-hybridized carbons (Fsp3) is 0.200. The van der Waals surface area contributed by atoms with Crippen LogP contribution in [-0.2, 0) is 12.6 Å². The summed E-state index contributed by atoms with van der Waals surface area (Å²) in [6, 6.07) is 3.25. The average molecular weight is 374 g/mol. The highest BCUT2D eigenvalue weighted by molar-refractivity contribution is 6.31. The van der Waals surface area contributed by atoms with Gasteiger partial charge in [0.15, 0.2) is 0 Å². The minimum Gasteiger partial charge on any atom is -0.365 e. The molecular formula is C15H11ClF3N3O3. The van der Waals surface area contributed by atoms with Crippen molar-refractivity contribution in [1.82, 2.24) is 4.98 Å². The number of nitro groups is 1. The van der Waals surface area contributed by atoms with E-state index in [0.717, 1.165) is 12.1 Å². The first-order valence-electron chi connectivity index (χ1n) is 6.80. The van der Waals surface area contributed by atoms with Crippen LogP contribution in [0.15, 0.2) is 24.4 Å². The minimum absolute atomic E-state index is 0.0128. The van der Waals surface area contributed by atoms with Crippen LogP contribution in [0, 0.1) is 17.0 Å². The van der Waals surface area contributed by atoms with E-state index in [0.29, 0.717) is 11.8 Å². The first-order valence-corrected chi connectivity index (χ1v) is 7.18. The van der Waals surface area contributed by atoms with E-state index in [-0.39, 0.29) is 28.3 Å². The van der Waals surface area contributed by atoms with Crippen molar-refractivity contribution in [1.29, 1.82) is 0 Å². The number of pyridine rings is 1. The molecule has 0 saturated heterocycles. The molecule has 0 aliphatic rings. The Bertz CT molecular complexity index is 869. The fourth-order valence-corrected chi connectivity index (χ4v) is 2.56. The topological polar surface area (TPSA) is 99.1 Å². The number of alkyl halides is 3. The second kappa shape index (κ2) is 6.67. The number of nitro benzene ring substituents is 1. The molecule has 10 heteroatoms. The molecule has 0 bridgehead atoms. The largest absolute Gasteiger partial charge is 0.417 e. The Morgan fingerprint density at radius 3 is 2.52 bits per heavy atom. The number of benzene rings is 1. The summed E-state index contributed by atoms with van der Waals surface area (Å²) in [5.74, 6) is -0.975. The third-order valence-corrected chi connectivity index (χ3v) is 3.93. The molecule has 0 radical (unpaired) electrons. The second-order valence-electron chi connectivity index (χ2n) is 5.19. The molecule has 1 aromatic carbocycles. The molecule has 0 spiro atoms. The minimum atomic E-state index is -4.57. The van der Waals surface area contributed by atoms with Crippen LogP contribution in [0.3, 0.4) is 0 Å². The fourth-order valence-electron chi connectivity index (χ4n) is 2.33. The zero-order valence-corrected chi connectivity index (χ0v) is 13.5. The number of hydrogen-bond donors (Lipinski definition) is 1. The molecular weight excluding hydrogens is 363 g/mol. The van der Waals surface area contributed by atoms with Gasteiger partial charge in [0.2, 0.25) is 0 Å². The summed E-state index contributed by atoms with van der Waals surface area (Å²) in [5.41, 5.74) is 4.34. The van der Waals surface area contributed by atoms with Gasteiger partial charge in [-0.25, -0.2) is 0 Å². The first-order chi connectivity index (χ1) is 11.5. The predicted octanol–water partition coefficient (Wildman–Crippen LogP) is 3.66. The van der Waals surface area contributed by atoms with Crippen LogP contribution in [0.1, 0.15) is 32.7 Å². The monoisotopic (exact) mass is 373 g/mol. The third-order valence-electron chi connectivity index (χ3n) is 3.60. The number of rotatable bonds is 4. The van der Waals surface area contributed by atoms with Crippen LogP contribution in [0.25, 0.3) is 0 Å². The molecule has 2 rings (SSSR count). The van der Waals surface area contributed by atoms with Crippen LogP contribution in [-0.4, -0.2) is 15.8 Å². The van der Waals surface area contributed by atoms with Gasteiger partial charge in [0.05, 0.1) is 21.2 Å². The summed E-state index contributed by atoms with van der Waals surface area (Å²) in [6.45, 7) is 1.46. The lowest BCUT2D eigenvalue weighted by atomic mass is 9.96. The molecule has 132 valence electrons. The normalized spacial score (nSPS) is 11.4. The molecule has 1 amide bonds. The van der Waals surface area contributed by atoms with E-state index >= 15 is 0 Å². The lowest BCUT2D eigenvalue weighted by Crippen LogP contribution is -2.16. The molecule has 0 aliphatic heterocycles. The van der Waals surface area contributed by atoms with Crippen molar-refractivity contribution in [3.63, 3.8) is 0 Å². The Labute approximate surface area is 144 Å². The quantitative estimate of drug-likeness (QED) is 0.653. The summed E-state index contributed by atoms with van der Waals surface area (Å²) < 4.78 is 37.9. The molecule has 0 fully saturated rings. The maximum atomic E-state index is 12.6. The Morgan fingerprint density at radius 1 is 1.40 bits per heavy atom. The molecule has 1 heterocycles. The van der Waals surface area contributed by atoms with E-state index in [2.05, 4.69) is 4.98 Å². The lowest BCUT2D eigenvalue weighted by molar-refractivity contribution is -0.385. The number of carbonyl (C=O) groups excluding carboxylic acids is 1. The van der Waals surface area contributed by atoms with Gasteiger partial charge in [-0.3, -0.25) is 19.9 Å². The summed E-state index contributed by atoms with van der Waals surface area (Å²) in [4.78, 5) is 25.5. The van der Waals surface area contributed by atoms with E-state index in [1.54, 1.807) is 0 Å². The molecule has 2 aromatic rings. The van der Waals surface area contributed by atoms with Gasteiger partial charge in [-0.1, -0.05) is 17.7 Å². The molecule has 0 aliphatic carbocycles. The molecule has 1 aromatic heterocycles. The van der Waals surface area contributed by atoms with Gasteiger partial charge in [0.1, 0.15) is 5.56 Å². The molecule has 0 unspecified atom stereocenters. The van der Waals surface area contributed by atoms with Crippen molar-refractivity contribution in [3.8, 4) is 0 Å². The van der Waals surface area contributed by atoms with Crippen molar-refractivity contribution in [3.05, 3.63) is 67.5 Å². The van der Waals surface area contributed by atoms with Crippen molar-refractivity contribution in [2.75, 3.05) is 0 Å². The highest BCUT2D eigenvalue weighted by Crippen LogP contribution is 2.32. The third kappa shape index (κ3) is 3.87. The average Bonchev–Trinajstić information content (AvgIpc) is 2.49. The highest BCUT2D eigenvalue weighted by Gasteiger charge is 2.31. The van der Waals surface area contributed by atoms with Crippen LogP contribution >= 0.6 is 11.6 Å². The Balaban J connectivity index is 2.46. The lowest BCUT2D eigenvalue weighted by Gasteiger charge is -2.12. The number of nitrogens with zero attached hydrogens (tertiary/aromatic N) is 2. The zero-order valence-electron chi connectivity index (χ0n) is 12.7. The smallest absolute Gasteiger partial charge is 0.365 e. The molecule has 6 nitrogen and oxygen atoms in total. The van der Waals surface area contributed by atoms with Gasteiger partial charge in [-0.05, 0) is 24.1 Å². The van der Waals surface area contributed by atoms with E-state index in [1.807, 2.05) is 0 Å². The van der Waals surface area contributed by atoms with Crippen LogP contribution in [0.5, 0.6) is 0 Å². The highest BCUT2D eigenvalue weighted by atomic mass is 35.5. The van der Waals surface area contributed by atoms with Gasteiger partial charge in [0.25, 0.3) is 11.6 Å². The molecule has 2 N–H and O–H groups in total. The SMILES string of the molecule is Cc1c(Cc2ncc(C(F)(F)F)cc2Cl)ccc([N+](=O)[O-])c1C(N)=O. The van der Waals surface area contributed by atoms with Crippen molar-refractivity contribution in [2.45, 2.75) is 19.5 Å². The number of aromatic nitrogens is 1. The van der Waals surface area contributed by atoms with E-state index in [9.17, 15) is 28.1 Å². The summed E-state index contributed by atoms with van der Waals surface area (Å²) >= 11 is 5.86. The second-order valence-corrected chi connectivity index (χ2v) is 5.60. The molecule has 25 heavy (non-hydrogen) atoms. The van der Waals surface area contributed by atoms with Crippen molar-refractivity contribution >= 4 is 23.2 Å². The summed E-state index contributed by atoms with van der Waals surface area (Å²) in [6.07, 6.45) is -3.93. The molecule has 0 saturated carbocycles. The van der Waals surface area contributed by atoms with E-state index < -0.39 is 28.3 Å². The van der Waals surface area contributed by atoms with Gasteiger partial charge in [0, 0.05) is 18.7 Å². The molecule has 0 atom stereocenters. The number of amides is 1. The predicted molar refractivity (Wildman–Crippen MR) is 83.4 cm³/mol. The van der Waals surface area contributed by atoms with Crippen molar-refractivity contribution in [2.24, 2.45) is 5.73 Å². The number of primary amides is 1. The van der Waals surface area contributed by atoms with Crippen molar-refractivity contribution < 1.29 is 22.9 Å². The van der Waals surface area contributed by atoms with Crippen LogP contribution in [0.4, 0.5) is 18.9 Å². The maximum Gasteiger partial charge on any atom is 0.417 e. The number of nitrogens with two attached hydrogens (primary N) is 1.